The molecule has 11 heavy (non-hydrogen) atoms. The van der Waals surface area contributed by atoms with Gasteiger partial charge in [0.25, 0.3) is 0 Å². The summed E-state index contributed by atoms with van der Waals surface area (Å²) in [5.41, 5.74) is 0. The Morgan fingerprint density at radius 3 is 0.636 bits per heavy atom. The molecule has 0 aliphatic carbocycles. The van der Waals surface area contributed by atoms with Crippen LogP contribution in [0.2, 0.25) is 49.2 Å². The Bertz CT molecular complexity index is 35.8. The van der Waals surface area contributed by atoms with Gasteiger partial charge in [0.05, 0.1) is 0 Å². The first-order valence-corrected chi connectivity index (χ1v) is 15.7. The summed E-state index contributed by atoms with van der Waals surface area (Å²) >= 11 is 0.230. The van der Waals surface area contributed by atoms with E-state index < -0.39 is 0 Å². The van der Waals surface area contributed by atoms with Gasteiger partial charge < -0.3 is 0 Å². The standard InChI is InChI=1S/2C3H9Si.2CH3.Sn/c2*1-4(2)3;;;/h2*1-3H3;2*1H3;. The van der Waals surface area contributed by atoms with Gasteiger partial charge in [-0.1, -0.05) is 39.3 Å². The van der Waals surface area contributed by atoms with Gasteiger partial charge in [-0.3, -0.25) is 0 Å². The van der Waals surface area contributed by atoms with E-state index >= 15 is 0 Å². The monoisotopic (exact) mass is 296 g/mol. The van der Waals surface area contributed by atoms with Crippen molar-refractivity contribution in [2.24, 2.45) is 0 Å². The van der Waals surface area contributed by atoms with Crippen LogP contribution in [0.1, 0.15) is 0 Å². The van der Waals surface area contributed by atoms with Crippen molar-refractivity contribution < 1.29 is 0 Å². The Hall–Kier alpha value is 1.23. The molecule has 0 N–H and O–H groups in total. The Kier molecular flexibility index (Phi) is 28.6. The minimum absolute atomic E-state index is 0.120. The minimum atomic E-state index is 0.120. The molecule has 0 saturated heterocycles. The van der Waals surface area contributed by atoms with Crippen LogP contribution in [0.15, 0.2) is 0 Å². The molecule has 0 fully saturated rings. The van der Waals surface area contributed by atoms with Crippen LogP contribution in [-0.2, 0) is 0 Å². The molecule has 0 bridgehead atoms. The fourth-order valence-corrected chi connectivity index (χ4v) is 0. The van der Waals surface area contributed by atoms with Gasteiger partial charge in [-0.2, -0.15) is 0 Å². The summed E-state index contributed by atoms with van der Waals surface area (Å²) < 4.78 is 0. The molecule has 0 amide bonds. The van der Waals surface area contributed by atoms with Crippen molar-refractivity contribution in [1.29, 1.82) is 0 Å². The van der Waals surface area contributed by atoms with Crippen LogP contribution in [0.4, 0.5) is 0 Å². The summed E-state index contributed by atoms with van der Waals surface area (Å²) in [4.78, 5) is 4.59. The third-order valence-electron chi connectivity index (χ3n) is 0. The maximum atomic E-state index is 2.30. The van der Waals surface area contributed by atoms with Gasteiger partial charge in [-0.15, -0.1) is 0 Å². The second kappa shape index (κ2) is 17.4. The molecular formula is C8H24Si2Sn. The predicted octanol–water partition coefficient (Wildman–Crippen LogP) is 3.53. The average molecular weight is 295 g/mol. The zero-order valence-corrected chi connectivity index (χ0v) is 14.4. The molecule has 0 aliphatic rings. The zero-order chi connectivity index (χ0) is 9.86. The predicted molar refractivity (Wildman–Crippen MR) is 64.2 cm³/mol. The summed E-state index contributed by atoms with van der Waals surface area (Å²) in [5.74, 6) is 0. The fraction of sp³-hybridized carbons (Fsp3) is 1.00. The van der Waals surface area contributed by atoms with Crippen molar-refractivity contribution in [3.63, 3.8) is 0 Å². The van der Waals surface area contributed by atoms with E-state index in [9.17, 15) is 0 Å². The fourth-order valence-electron chi connectivity index (χ4n) is 0. The molecule has 0 aromatic rings. The van der Waals surface area contributed by atoms with Gasteiger partial charge in [0, 0.05) is 17.6 Å². The molecule has 0 atom stereocenters. The molecule has 3 heteroatoms. The van der Waals surface area contributed by atoms with Crippen molar-refractivity contribution in [2.45, 2.75) is 49.2 Å². The van der Waals surface area contributed by atoms with E-state index in [1.165, 1.54) is 0 Å². The van der Waals surface area contributed by atoms with Crippen molar-refractivity contribution >= 4 is 38.7 Å². The summed E-state index contributed by atoms with van der Waals surface area (Å²) in [7, 11) is 0.241. The SMILES string of the molecule is C[Si](C)C.C[Si](C)C.[CH3][Sn][CH3]. The van der Waals surface area contributed by atoms with E-state index in [-0.39, 0.29) is 38.7 Å². The van der Waals surface area contributed by atoms with Crippen LogP contribution in [0.3, 0.4) is 0 Å². The summed E-state index contributed by atoms with van der Waals surface area (Å²) in [6.45, 7) is 13.6. The van der Waals surface area contributed by atoms with Crippen LogP contribution >= 0.6 is 0 Å². The Morgan fingerprint density at radius 1 is 0.636 bits per heavy atom. The Labute approximate surface area is 87.6 Å². The van der Waals surface area contributed by atoms with Crippen molar-refractivity contribution in [2.75, 3.05) is 0 Å². The molecule has 0 spiro atoms. The van der Waals surface area contributed by atoms with Crippen LogP contribution in [0.5, 0.6) is 0 Å². The molecule has 0 unspecified atom stereocenters. The molecule has 0 aromatic heterocycles. The van der Waals surface area contributed by atoms with Gasteiger partial charge in [0.2, 0.25) is 0 Å². The topological polar surface area (TPSA) is 0 Å². The number of rotatable bonds is 0. The van der Waals surface area contributed by atoms with E-state index in [1.807, 2.05) is 0 Å². The first kappa shape index (κ1) is 18.1. The van der Waals surface area contributed by atoms with Gasteiger partial charge in [0.1, 0.15) is 0 Å². The third-order valence-corrected chi connectivity index (χ3v) is 0. The van der Waals surface area contributed by atoms with Crippen LogP contribution in [0.25, 0.3) is 0 Å². The van der Waals surface area contributed by atoms with Crippen LogP contribution in [0, 0.1) is 0 Å². The molecule has 0 nitrogen and oxygen atoms in total. The van der Waals surface area contributed by atoms with Gasteiger partial charge >= 0.3 is 31.0 Å². The Morgan fingerprint density at radius 2 is 0.636 bits per heavy atom. The second-order valence-corrected chi connectivity index (χ2v) is 12.4. The van der Waals surface area contributed by atoms with Gasteiger partial charge in [0.15, 0.2) is 0 Å². The molecule has 0 heterocycles. The maximum absolute atomic E-state index is 2.30. The van der Waals surface area contributed by atoms with E-state index in [4.69, 9.17) is 0 Å². The molecular weight excluding hydrogens is 271 g/mol. The second-order valence-electron chi connectivity index (χ2n) is 3.50. The number of hydrogen-bond donors (Lipinski definition) is 0. The molecule has 0 aliphatic heterocycles. The molecule has 4 radical (unpaired) electrons. The van der Waals surface area contributed by atoms with E-state index in [0.717, 1.165) is 0 Å². The normalized spacial score (nSPS) is 8.18. The summed E-state index contributed by atoms with van der Waals surface area (Å²) in [6.07, 6.45) is 0. The number of hydrogen-bond acceptors (Lipinski definition) is 0. The van der Waals surface area contributed by atoms with Crippen molar-refractivity contribution in [1.82, 2.24) is 0 Å². The molecule has 0 saturated carbocycles. The average Bonchev–Trinajstić information content (AvgIpc) is 1.60. The van der Waals surface area contributed by atoms with Crippen molar-refractivity contribution in [3.8, 4) is 0 Å². The van der Waals surface area contributed by atoms with Crippen LogP contribution < -0.4 is 0 Å². The quantitative estimate of drug-likeness (QED) is 0.600. The van der Waals surface area contributed by atoms with Crippen molar-refractivity contribution in [3.05, 3.63) is 0 Å². The summed E-state index contributed by atoms with van der Waals surface area (Å²) in [5, 5.41) is 0. The molecule has 68 valence electrons. The third kappa shape index (κ3) is 630. The van der Waals surface area contributed by atoms with E-state index in [2.05, 4.69) is 49.2 Å². The molecule has 0 aromatic carbocycles. The van der Waals surface area contributed by atoms with Gasteiger partial charge in [-0.05, 0) is 0 Å². The Balaban J connectivity index is -0.0000000886. The van der Waals surface area contributed by atoms with Crippen LogP contribution in [-0.4, -0.2) is 38.7 Å². The zero-order valence-electron chi connectivity index (χ0n) is 9.50. The van der Waals surface area contributed by atoms with E-state index in [0.29, 0.717) is 0 Å². The first-order valence-electron chi connectivity index (χ1n) is 4.00. The first-order chi connectivity index (χ1) is 4.88. The van der Waals surface area contributed by atoms with E-state index in [1.54, 1.807) is 0 Å². The molecule has 0 rings (SSSR count). The summed E-state index contributed by atoms with van der Waals surface area (Å²) in [6, 6.07) is 0. The van der Waals surface area contributed by atoms with Gasteiger partial charge in [-0.25, -0.2) is 0 Å².